The Balaban J connectivity index is 1.75. The standard InChI is InChI=1S/C17H14F2N4O3/c1-25-14-7-2-11(8-15(14)26-17(18)19)16(24)22-12-3-5-13(6-4-12)23-10-20-9-21-23/h2-10,17H,1H3,(H,22,24). The van der Waals surface area contributed by atoms with Crippen molar-refractivity contribution in [1.29, 1.82) is 0 Å². The molecule has 134 valence electrons. The van der Waals surface area contributed by atoms with Crippen molar-refractivity contribution >= 4 is 11.6 Å². The lowest BCUT2D eigenvalue weighted by molar-refractivity contribution is -0.0512. The molecule has 1 N–H and O–H groups in total. The molecule has 0 bridgehead atoms. The molecule has 1 aromatic heterocycles. The third-order valence-electron chi connectivity index (χ3n) is 3.45. The summed E-state index contributed by atoms with van der Waals surface area (Å²) in [6.07, 6.45) is 2.97. The van der Waals surface area contributed by atoms with Crippen molar-refractivity contribution in [3.63, 3.8) is 0 Å². The number of rotatable bonds is 6. The number of anilines is 1. The minimum atomic E-state index is -3.02. The van der Waals surface area contributed by atoms with E-state index < -0.39 is 12.5 Å². The summed E-state index contributed by atoms with van der Waals surface area (Å²) < 4.78 is 35.9. The number of benzene rings is 2. The quantitative estimate of drug-likeness (QED) is 0.731. The summed E-state index contributed by atoms with van der Waals surface area (Å²) in [5.74, 6) is -0.573. The van der Waals surface area contributed by atoms with Crippen LogP contribution in [0.5, 0.6) is 11.5 Å². The Morgan fingerprint density at radius 1 is 1.15 bits per heavy atom. The minimum Gasteiger partial charge on any atom is -0.493 e. The summed E-state index contributed by atoms with van der Waals surface area (Å²) in [4.78, 5) is 16.2. The summed E-state index contributed by atoms with van der Waals surface area (Å²) >= 11 is 0. The Morgan fingerprint density at radius 2 is 1.92 bits per heavy atom. The molecule has 0 aliphatic rings. The zero-order valence-electron chi connectivity index (χ0n) is 13.6. The molecule has 0 atom stereocenters. The average Bonchev–Trinajstić information content (AvgIpc) is 3.16. The number of amides is 1. The molecule has 1 heterocycles. The number of methoxy groups -OCH3 is 1. The predicted octanol–water partition coefficient (Wildman–Crippen LogP) is 3.13. The maximum absolute atomic E-state index is 12.5. The number of hydrogen-bond acceptors (Lipinski definition) is 5. The first kappa shape index (κ1) is 17.3. The van der Waals surface area contributed by atoms with Gasteiger partial charge in [-0.15, -0.1) is 0 Å². The van der Waals surface area contributed by atoms with E-state index in [0.29, 0.717) is 5.69 Å². The van der Waals surface area contributed by atoms with Crippen LogP contribution in [0.15, 0.2) is 55.1 Å². The Morgan fingerprint density at radius 3 is 2.54 bits per heavy atom. The highest BCUT2D eigenvalue weighted by Gasteiger charge is 2.15. The van der Waals surface area contributed by atoms with Gasteiger partial charge < -0.3 is 14.8 Å². The van der Waals surface area contributed by atoms with Crippen LogP contribution in [0.3, 0.4) is 0 Å². The fourth-order valence-electron chi connectivity index (χ4n) is 2.25. The number of ether oxygens (including phenoxy) is 2. The molecule has 0 saturated carbocycles. The maximum Gasteiger partial charge on any atom is 0.387 e. The molecule has 0 aliphatic carbocycles. The smallest absolute Gasteiger partial charge is 0.387 e. The second kappa shape index (κ2) is 7.60. The van der Waals surface area contributed by atoms with Crippen molar-refractivity contribution in [1.82, 2.24) is 14.8 Å². The van der Waals surface area contributed by atoms with Crippen LogP contribution in [0.4, 0.5) is 14.5 Å². The van der Waals surface area contributed by atoms with Crippen LogP contribution < -0.4 is 14.8 Å². The third kappa shape index (κ3) is 3.94. The van der Waals surface area contributed by atoms with Gasteiger partial charge >= 0.3 is 6.61 Å². The first-order valence-corrected chi connectivity index (χ1v) is 7.46. The summed E-state index contributed by atoms with van der Waals surface area (Å²) in [6, 6.07) is 10.9. The normalized spacial score (nSPS) is 10.6. The molecule has 3 aromatic rings. The van der Waals surface area contributed by atoms with E-state index in [1.54, 1.807) is 35.3 Å². The molecule has 0 unspecified atom stereocenters. The van der Waals surface area contributed by atoms with Gasteiger partial charge in [0.25, 0.3) is 5.91 Å². The van der Waals surface area contributed by atoms with Crippen molar-refractivity contribution in [2.75, 3.05) is 12.4 Å². The molecule has 9 heteroatoms. The fourth-order valence-corrected chi connectivity index (χ4v) is 2.25. The van der Waals surface area contributed by atoms with E-state index in [2.05, 4.69) is 20.1 Å². The fraction of sp³-hybridized carbons (Fsp3) is 0.118. The number of alkyl halides is 2. The lowest BCUT2D eigenvalue weighted by Crippen LogP contribution is -2.13. The second-order valence-corrected chi connectivity index (χ2v) is 5.09. The highest BCUT2D eigenvalue weighted by molar-refractivity contribution is 6.04. The predicted molar refractivity (Wildman–Crippen MR) is 88.9 cm³/mol. The molecule has 0 spiro atoms. The molecular weight excluding hydrogens is 346 g/mol. The number of carbonyl (C=O) groups is 1. The van der Waals surface area contributed by atoms with Gasteiger partial charge in [-0.2, -0.15) is 13.9 Å². The lowest BCUT2D eigenvalue weighted by Gasteiger charge is -2.12. The van der Waals surface area contributed by atoms with E-state index in [1.165, 1.54) is 31.6 Å². The Hall–Kier alpha value is -3.49. The van der Waals surface area contributed by atoms with Crippen LogP contribution >= 0.6 is 0 Å². The molecule has 7 nitrogen and oxygen atoms in total. The zero-order valence-corrected chi connectivity index (χ0v) is 13.6. The maximum atomic E-state index is 12.5. The van der Waals surface area contributed by atoms with Gasteiger partial charge in [0.05, 0.1) is 12.8 Å². The van der Waals surface area contributed by atoms with Crippen molar-refractivity contribution in [2.24, 2.45) is 0 Å². The van der Waals surface area contributed by atoms with Gasteiger partial charge in [0.1, 0.15) is 12.7 Å². The first-order chi connectivity index (χ1) is 12.6. The molecule has 3 rings (SSSR count). The average molecular weight is 360 g/mol. The molecule has 0 radical (unpaired) electrons. The van der Waals surface area contributed by atoms with Gasteiger partial charge in [-0.3, -0.25) is 4.79 Å². The van der Waals surface area contributed by atoms with Crippen molar-refractivity contribution in [3.8, 4) is 17.2 Å². The van der Waals surface area contributed by atoms with E-state index >= 15 is 0 Å². The minimum absolute atomic E-state index is 0.110. The molecule has 2 aromatic carbocycles. The first-order valence-electron chi connectivity index (χ1n) is 7.46. The summed E-state index contributed by atoms with van der Waals surface area (Å²) in [6.45, 7) is -3.02. The molecule has 26 heavy (non-hydrogen) atoms. The molecule has 0 saturated heterocycles. The van der Waals surface area contributed by atoms with E-state index in [0.717, 1.165) is 5.69 Å². The topological polar surface area (TPSA) is 78.3 Å². The van der Waals surface area contributed by atoms with E-state index in [4.69, 9.17) is 4.74 Å². The van der Waals surface area contributed by atoms with Crippen molar-refractivity contribution in [2.45, 2.75) is 6.61 Å². The van der Waals surface area contributed by atoms with E-state index in [9.17, 15) is 13.6 Å². The largest absolute Gasteiger partial charge is 0.493 e. The number of nitrogens with zero attached hydrogens (tertiary/aromatic N) is 3. The number of nitrogens with one attached hydrogen (secondary N) is 1. The van der Waals surface area contributed by atoms with Gasteiger partial charge in [-0.1, -0.05) is 0 Å². The van der Waals surface area contributed by atoms with Gasteiger partial charge in [0.15, 0.2) is 11.5 Å². The van der Waals surface area contributed by atoms with Gasteiger partial charge in [-0.05, 0) is 42.5 Å². The summed E-state index contributed by atoms with van der Waals surface area (Å²) in [5, 5.41) is 6.69. The van der Waals surface area contributed by atoms with Crippen molar-refractivity contribution in [3.05, 3.63) is 60.7 Å². The summed E-state index contributed by atoms with van der Waals surface area (Å²) in [7, 11) is 1.32. The second-order valence-electron chi connectivity index (χ2n) is 5.09. The SMILES string of the molecule is COc1ccc(C(=O)Nc2ccc(-n3cncn3)cc2)cc1OC(F)F. The monoisotopic (exact) mass is 360 g/mol. The van der Waals surface area contributed by atoms with Crippen LogP contribution in [0.25, 0.3) is 5.69 Å². The van der Waals surface area contributed by atoms with Gasteiger partial charge in [0.2, 0.25) is 0 Å². The Labute approximate surface area is 147 Å². The third-order valence-corrected chi connectivity index (χ3v) is 3.45. The van der Waals surface area contributed by atoms with Crippen LogP contribution in [-0.2, 0) is 0 Å². The molecular formula is C17H14F2N4O3. The van der Waals surface area contributed by atoms with Crippen LogP contribution in [0.2, 0.25) is 0 Å². The molecule has 1 amide bonds. The number of carbonyl (C=O) groups excluding carboxylic acids is 1. The van der Waals surface area contributed by atoms with Crippen LogP contribution in [0, 0.1) is 0 Å². The van der Waals surface area contributed by atoms with Gasteiger partial charge in [0, 0.05) is 11.3 Å². The van der Waals surface area contributed by atoms with Crippen molar-refractivity contribution < 1.29 is 23.0 Å². The molecule has 0 aliphatic heterocycles. The van der Waals surface area contributed by atoms with Gasteiger partial charge in [-0.25, -0.2) is 9.67 Å². The number of hydrogen-bond donors (Lipinski definition) is 1. The summed E-state index contributed by atoms with van der Waals surface area (Å²) in [5.41, 5.74) is 1.46. The molecule has 0 fully saturated rings. The highest BCUT2D eigenvalue weighted by atomic mass is 19.3. The van der Waals surface area contributed by atoms with E-state index in [1.807, 2.05) is 0 Å². The zero-order chi connectivity index (χ0) is 18.5. The number of halogens is 2. The Kier molecular flexibility index (Phi) is 5.07. The Bertz CT molecular complexity index is 884. The van der Waals surface area contributed by atoms with E-state index in [-0.39, 0.29) is 17.1 Å². The van der Waals surface area contributed by atoms with Crippen LogP contribution in [0.1, 0.15) is 10.4 Å². The highest BCUT2D eigenvalue weighted by Crippen LogP contribution is 2.29. The number of aromatic nitrogens is 3. The lowest BCUT2D eigenvalue weighted by atomic mass is 10.1. The van der Waals surface area contributed by atoms with Crippen LogP contribution in [-0.4, -0.2) is 34.4 Å².